The molecule has 0 aliphatic heterocycles. The molecule has 0 fully saturated rings. The number of aliphatic hydroxyl groups excluding tert-OH is 2. The van der Waals surface area contributed by atoms with Crippen molar-refractivity contribution >= 4 is 34.6 Å². The molecular weight excluding hydrogens is 544 g/mol. The van der Waals surface area contributed by atoms with Gasteiger partial charge in [0.25, 0.3) is 8.32 Å². The van der Waals surface area contributed by atoms with Gasteiger partial charge in [-0.3, -0.25) is 0 Å². The molecule has 37 heavy (non-hydrogen) atoms. The average molecular weight is 582 g/mol. The summed E-state index contributed by atoms with van der Waals surface area (Å²) in [6, 6.07) is 25.9. The molecule has 3 aromatic rings. The minimum atomic E-state index is -2.73. The SMILES string of the molecule is C[C@H](O)CC(=C=CC[C@@H](O)c1cc(Br)ccc1O)CO[Si](c1ccccc1)(c1ccccc1)C(C)(C)C. The number of rotatable bonds is 10. The highest BCUT2D eigenvalue weighted by molar-refractivity contribution is 9.10. The summed E-state index contributed by atoms with van der Waals surface area (Å²) in [5.41, 5.74) is 4.57. The summed E-state index contributed by atoms with van der Waals surface area (Å²) in [5, 5.41) is 33.2. The number of phenols is 1. The van der Waals surface area contributed by atoms with Crippen molar-refractivity contribution in [2.75, 3.05) is 6.61 Å². The van der Waals surface area contributed by atoms with Crippen LogP contribution in [0.3, 0.4) is 0 Å². The fourth-order valence-corrected chi connectivity index (χ4v) is 9.63. The van der Waals surface area contributed by atoms with Crippen LogP contribution in [0.4, 0.5) is 0 Å². The van der Waals surface area contributed by atoms with Gasteiger partial charge in [0, 0.05) is 22.9 Å². The predicted octanol–water partition coefficient (Wildman–Crippen LogP) is 6.01. The van der Waals surface area contributed by atoms with E-state index in [1.807, 2.05) is 12.1 Å². The van der Waals surface area contributed by atoms with Gasteiger partial charge in [-0.05, 0) is 52.2 Å². The molecule has 6 heteroatoms. The number of aliphatic hydroxyl groups is 2. The Morgan fingerprint density at radius 3 is 2.05 bits per heavy atom. The first kappa shape index (κ1) is 29.1. The van der Waals surface area contributed by atoms with E-state index in [4.69, 9.17) is 4.43 Å². The number of hydrogen-bond acceptors (Lipinski definition) is 4. The van der Waals surface area contributed by atoms with Gasteiger partial charge >= 0.3 is 0 Å². The number of phenolic OH excluding ortho intramolecular Hbond substituents is 1. The highest BCUT2D eigenvalue weighted by Gasteiger charge is 2.50. The lowest BCUT2D eigenvalue weighted by Crippen LogP contribution is -2.66. The largest absolute Gasteiger partial charge is 0.508 e. The van der Waals surface area contributed by atoms with Gasteiger partial charge in [-0.1, -0.05) is 97.4 Å². The zero-order valence-corrected chi connectivity index (χ0v) is 24.6. The van der Waals surface area contributed by atoms with E-state index >= 15 is 0 Å². The number of halogens is 1. The first-order valence-corrected chi connectivity index (χ1v) is 15.3. The average Bonchev–Trinajstić information content (AvgIpc) is 2.85. The standard InChI is InChI=1S/C31H37BrO4Si/c1-23(33)20-24(12-11-17-29(34)28-21-25(32)18-19-30(28)35)22-36-37(31(2,3)4,26-13-7-5-8-14-26)27-15-9-6-10-16-27/h5-11,13-16,18-19,21,23,29,33-35H,17,20,22H2,1-4H3/t12?,23-,29+/m0/s1. The van der Waals surface area contributed by atoms with Crippen molar-refractivity contribution < 1.29 is 19.7 Å². The maximum absolute atomic E-state index is 10.6. The van der Waals surface area contributed by atoms with Gasteiger partial charge in [-0.15, -0.1) is 5.73 Å². The lowest BCUT2D eigenvalue weighted by molar-refractivity contribution is 0.177. The highest BCUT2D eigenvalue weighted by Crippen LogP contribution is 2.37. The molecule has 0 amide bonds. The van der Waals surface area contributed by atoms with Gasteiger partial charge in [0.15, 0.2) is 0 Å². The normalized spacial score (nSPS) is 13.5. The van der Waals surface area contributed by atoms with E-state index in [-0.39, 0.29) is 17.2 Å². The van der Waals surface area contributed by atoms with Crippen LogP contribution in [0.5, 0.6) is 5.75 Å². The van der Waals surface area contributed by atoms with E-state index in [1.165, 1.54) is 10.4 Å². The van der Waals surface area contributed by atoms with Crippen LogP contribution in [-0.4, -0.2) is 36.3 Å². The van der Waals surface area contributed by atoms with Crippen molar-refractivity contribution in [2.24, 2.45) is 0 Å². The quantitative estimate of drug-likeness (QED) is 0.203. The monoisotopic (exact) mass is 580 g/mol. The molecule has 0 bridgehead atoms. The Morgan fingerprint density at radius 2 is 1.54 bits per heavy atom. The summed E-state index contributed by atoms with van der Waals surface area (Å²) in [7, 11) is -2.73. The van der Waals surface area contributed by atoms with Crippen LogP contribution < -0.4 is 10.4 Å². The molecule has 0 spiro atoms. The van der Waals surface area contributed by atoms with Gasteiger partial charge in [-0.2, -0.15) is 0 Å². The molecule has 0 heterocycles. The Hall–Kier alpha value is -2.44. The lowest BCUT2D eigenvalue weighted by Gasteiger charge is -2.43. The molecule has 3 rings (SSSR count). The van der Waals surface area contributed by atoms with Gasteiger partial charge in [0.05, 0.1) is 18.8 Å². The summed E-state index contributed by atoms with van der Waals surface area (Å²) in [6.07, 6.45) is 1.00. The third-order valence-electron chi connectivity index (χ3n) is 6.42. The van der Waals surface area contributed by atoms with Crippen LogP contribution in [0.2, 0.25) is 5.04 Å². The molecule has 0 radical (unpaired) electrons. The Balaban J connectivity index is 1.96. The van der Waals surface area contributed by atoms with E-state index < -0.39 is 20.5 Å². The molecular formula is C31H37BrO4Si. The van der Waals surface area contributed by atoms with E-state index in [1.54, 1.807) is 31.2 Å². The van der Waals surface area contributed by atoms with Crippen LogP contribution >= 0.6 is 15.9 Å². The smallest absolute Gasteiger partial charge is 0.261 e. The van der Waals surface area contributed by atoms with Crippen molar-refractivity contribution in [1.82, 2.24) is 0 Å². The van der Waals surface area contributed by atoms with E-state index in [2.05, 4.69) is 91.0 Å². The molecule has 0 aliphatic carbocycles. The first-order valence-electron chi connectivity index (χ1n) is 12.6. The van der Waals surface area contributed by atoms with Gasteiger partial charge in [0.1, 0.15) is 5.75 Å². The topological polar surface area (TPSA) is 69.9 Å². The van der Waals surface area contributed by atoms with Crippen LogP contribution in [0.25, 0.3) is 0 Å². The van der Waals surface area contributed by atoms with Gasteiger partial charge in [-0.25, -0.2) is 0 Å². The second kappa shape index (κ2) is 12.9. The van der Waals surface area contributed by atoms with E-state index in [0.29, 0.717) is 18.6 Å². The number of benzene rings is 3. The predicted molar refractivity (Wildman–Crippen MR) is 157 cm³/mol. The van der Waals surface area contributed by atoms with E-state index in [0.717, 1.165) is 10.0 Å². The molecule has 2 atom stereocenters. The van der Waals surface area contributed by atoms with Crippen LogP contribution in [-0.2, 0) is 4.43 Å². The molecule has 3 aromatic carbocycles. The van der Waals surface area contributed by atoms with Crippen molar-refractivity contribution in [1.29, 1.82) is 0 Å². The summed E-state index contributed by atoms with van der Waals surface area (Å²) < 4.78 is 7.79. The van der Waals surface area contributed by atoms with Gasteiger partial charge in [0.2, 0.25) is 0 Å². The Kier molecular flexibility index (Phi) is 10.1. The van der Waals surface area contributed by atoms with Crippen LogP contribution in [0, 0.1) is 0 Å². The zero-order valence-electron chi connectivity index (χ0n) is 22.0. The molecule has 196 valence electrons. The fourth-order valence-electron chi connectivity index (χ4n) is 4.71. The summed E-state index contributed by atoms with van der Waals surface area (Å²) in [6.45, 7) is 8.75. The summed E-state index contributed by atoms with van der Waals surface area (Å²) in [4.78, 5) is 0. The number of hydrogen-bond donors (Lipinski definition) is 3. The minimum absolute atomic E-state index is 0.0484. The maximum Gasteiger partial charge on any atom is 0.261 e. The van der Waals surface area contributed by atoms with Crippen LogP contribution in [0.1, 0.15) is 52.2 Å². The van der Waals surface area contributed by atoms with Gasteiger partial charge < -0.3 is 19.7 Å². The maximum atomic E-state index is 10.6. The third kappa shape index (κ3) is 7.32. The summed E-state index contributed by atoms with van der Waals surface area (Å²) >= 11 is 3.38. The Labute approximate surface area is 230 Å². The van der Waals surface area contributed by atoms with Crippen LogP contribution in [0.15, 0.2) is 101 Å². The molecule has 0 saturated carbocycles. The molecule has 0 aliphatic rings. The molecule has 3 N–H and O–H groups in total. The molecule has 0 aromatic heterocycles. The third-order valence-corrected chi connectivity index (χ3v) is 11.9. The number of aromatic hydroxyl groups is 1. The molecule has 0 saturated heterocycles. The first-order chi connectivity index (χ1) is 17.5. The lowest BCUT2D eigenvalue weighted by atomic mass is 10.0. The van der Waals surface area contributed by atoms with Crippen molar-refractivity contribution in [3.63, 3.8) is 0 Å². The summed E-state index contributed by atoms with van der Waals surface area (Å²) in [5.74, 6) is 0.0484. The highest BCUT2D eigenvalue weighted by atomic mass is 79.9. The van der Waals surface area contributed by atoms with E-state index in [9.17, 15) is 15.3 Å². The van der Waals surface area contributed by atoms with Crippen molar-refractivity contribution in [3.05, 3.63) is 106 Å². The molecule has 0 unspecified atom stereocenters. The molecule has 4 nitrogen and oxygen atoms in total. The van der Waals surface area contributed by atoms with Crippen molar-refractivity contribution in [3.8, 4) is 5.75 Å². The zero-order chi connectivity index (χ0) is 27.1. The Morgan fingerprint density at radius 1 is 0.973 bits per heavy atom. The minimum Gasteiger partial charge on any atom is -0.508 e. The fraction of sp³-hybridized carbons (Fsp3) is 0.323. The Bertz CT molecular complexity index is 1170. The second-order valence-electron chi connectivity index (χ2n) is 10.4. The second-order valence-corrected chi connectivity index (χ2v) is 15.6. The van der Waals surface area contributed by atoms with Crippen molar-refractivity contribution in [2.45, 2.75) is 57.8 Å².